The van der Waals surface area contributed by atoms with Gasteiger partial charge in [-0.2, -0.15) is 0 Å². The summed E-state index contributed by atoms with van der Waals surface area (Å²) in [6.07, 6.45) is 0.888. The van der Waals surface area contributed by atoms with E-state index in [1.54, 1.807) is 7.11 Å². The van der Waals surface area contributed by atoms with Gasteiger partial charge in [-0.1, -0.05) is 11.8 Å². The highest BCUT2D eigenvalue weighted by atomic mass is 32.2. The Labute approximate surface area is 128 Å². The van der Waals surface area contributed by atoms with Crippen molar-refractivity contribution in [2.75, 3.05) is 39.4 Å². The van der Waals surface area contributed by atoms with Crippen LogP contribution in [-0.2, 0) is 4.74 Å². The van der Waals surface area contributed by atoms with Crippen LogP contribution >= 0.6 is 11.8 Å². The Morgan fingerprint density at radius 2 is 2.19 bits per heavy atom. The van der Waals surface area contributed by atoms with Crippen LogP contribution in [0.4, 0.5) is 0 Å². The third-order valence-electron chi connectivity index (χ3n) is 2.71. The molecule has 0 amide bonds. The molecule has 0 bridgehead atoms. The first-order valence-electron chi connectivity index (χ1n) is 6.73. The number of nitrogens with two attached hydrogens (primary N) is 1. The van der Waals surface area contributed by atoms with Crippen LogP contribution in [0.2, 0.25) is 0 Å². The fourth-order valence-corrected chi connectivity index (χ4v) is 2.34. The quantitative estimate of drug-likeness (QED) is 0.449. The summed E-state index contributed by atoms with van der Waals surface area (Å²) in [5, 5.41) is 0.593. The number of ether oxygens (including phenoxy) is 4. The van der Waals surface area contributed by atoms with E-state index >= 15 is 0 Å². The van der Waals surface area contributed by atoms with Gasteiger partial charge in [0.25, 0.3) is 0 Å². The molecule has 2 rings (SSSR count). The first-order chi connectivity index (χ1) is 10.3. The van der Waals surface area contributed by atoms with Crippen molar-refractivity contribution in [3.8, 4) is 17.2 Å². The minimum Gasteiger partial charge on any atom is -0.493 e. The monoisotopic (exact) mass is 312 g/mol. The number of thioether (sulfide) groups is 1. The molecule has 7 heteroatoms. The van der Waals surface area contributed by atoms with E-state index in [0.717, 1.165) is 29.4 Å². The molecule has 116 valence electrons. The molecule has 0 atom stereocenters. The Kier molecular flexibility index (Phi) is 6.49. The Morgan fingerprint density at radius 1 is 1.33 bits per heavy atom. The first kappa shape index (κ1) is 15.8. The third kappa shape index (κ3) is 5.35. The highest BCUT2D eigenvalue weighted by Gasteiger charge is 2.13. The summed E-state index contributed by atoms with van der Waals surface area (Å²) in [6, 6.07) is 5.57. The lowest BCUT2D eigenvalue weighted by Crippen LogP contribution is -2.10. The molecule has 1 aliphatic heterocycles. The number of nitrogens with zero attached hydrogens (tertiary/aromatic N) is 1. The van der Waals surface area contributed by atoms with Crippen LogP contribution < -0.4 is 19.9 Å². The Balaban J connectivity index is 1.60. The summed E-state index contributed by atoms with van der Waals surface area (Å²) >= 11 is 1.53. The fourth-order valence-electron chi connectivity index (χ4n) is 1.69. The van der Waals surface area contributed by atoms with Crippen molar-refractivity contribution in [1.29, 1.82) is 0 Å². The van der Waals surface area contributed by atoms with E-state index in [9.17, 15) is 0 Å². The van der Waals surface area contributed by atoms with Gasteiger partial charge >= 0.3 is 0 Å². The summed E-state index contributed by atoms with van der Waals surface area (Å²) in [5.74, 6) is 3.15. The molecule has 0 saturated carbocycles. The van der Waals surface area contributed by atoms with Crippen LogP contribution in [0.3, 0.4) is 0 Å². The maximum Gasteiger partial charge on any atom is 0.231 e. The first-order valence-corrected chi connectivity index (χ1v) is 7.72. The van der Waals surface area contributed by atoms with Crippen LogP contribution in [0.25, 0.3) is 0 Å². The summed E-state index contributed by atoms with van der Waals surface area (Å²) in [7, 11) is 1.65. The number of hydrogen-bond donors (Lipinski definition) is 1. The highest BCUT2D eigenvalue weighted by molar-refractivity contribution is 8.13. The predicted octanol–water partition coefficient (Wildman–Crippen LogP) is 1.88. The predicted molar refractivity (Wildman–Crippen MR) is 83.5 cm³/mol. The van der Waals surface area contributed by atoms with Gasteiger partial charge in [0.2, 0.25) is 6.79 Å². The van der Waals surface area contributed by atoms with E-state index in [-0.39, 0.29) is 6.79 Å². The molecule has 0 spiro atoms. The summed E-state index contributed by atoms with van der Waals surface area (Å²) < 4.78 is 21.1. The molecule has 0 aromatic heterocycles. The van der Waals surface area contributed by atoms with Gasteiger partial charge in [-0.25, -0.2) is 0 Å². The molecular weight excluding hydrogens is 292 g/mol. The van der Waals surface area contributed by atoms with Crippen molar-refractivity contribution >= 4 is 16.9 Å². The molecule has 21 heavy (non-hydrogen) atoms. The number of fused-ring (bicyclic) bond motifs is 1. The molecule has 2 N–H and O–H groups in total. The fraction of sp³-hybridized carbons (Fsp3) is 0.500. The van der Waals surface area contributed by atoms with Crippen molar-refractivity contribution in [3.63, 3.8) is 0 Å². The van der Waals surface area contributed by atoms with E-state index in [1.807, 2.05) is 18.2 Å². The second kappa shape index (κ2) is 8.63. The van der Waals surface area contributed by atoms with Gasteiger partial charge in [0.1, 0.15) is 5.75 Å². The summed E-state index contributed by atoms with van der Waals surface area (Å²) in [6.45, 7) is 2.09. The second-order valence-electron chi connectivity index (χ2n) is 4.28. The van der Waals surface area contributed by atoms with Crippen molar-refractivity contribution in [1.82, 2.24) is 0 Å². The van der Waals surface area contributed by atoms with Crippen LogP contribution in [0.5, 0.6) is 17.2 Å². The average molecular weight is 312 g/mol. The molecule has 0 unspecified atom stereocenters. The van der Waals surface area contributed by atoms with Gasteiger partial charge in [0.15, 0.2) is 16.7 Å². The minimum atomic E-state index is 0.275. The number of methoxy groups -OCH3 is 1. The summed E-state index contributed by atoms with van der Waals surface area (Å²) in [5.41, 5.74) is 5.76. The Hall–Kier alpha value is -1.60. The molecule has 0 radical (unpaired) electrons. The van der Waals surface area contributed by atoms with Crippen molar-refractivity contribution in [2.24, 2.45) is 10.7 Å². The third-order valence-corrected chi connectivity index (χ3v) is 3.63. The largest absolute Gasteiger partial charge is 0.493 e. The molecule has 0 saturated heterocycles. The minimum absolute atomic E-state index is 0.275. The second-order valence-corrected chi connectivity index (χ2v) is 5.39. The van der Waals surface area contributed by atoms with Gasteiger partial charge in [-0.05, 0) is 18.6 Å². The zero-order valence-electron chi connectivity index (χ0n) is 12.0. The van der Waals surface area contributed by atoms with E-state index in [4.69, 9.17) is 24.7 Å². The maximum atomic E-state index is 5.76. The summed E-state index contributed by atoms with van der Waals surface area (Å²) in [4.78, 5) is 4.17. The molecule has 0 aliphatic carbocycles. The van der Waals surface area contributed by atoms with Crippen molar-refractivity contribution in [3.05, 3.63) is 18.2 Å². The standard InChI is InChI=1S/C14H20N2O4S/c1-17-7-5-16-14(15)21-8-2-6-18-11-3-4-12-13(9-11)20-10-19-12/h3-4,9H,2,5-8,10H2,1H3,(H2,15,16). The number of rotatable bonds is 8. The number of amidine groups is 1. The normalized spacial score (nSPS) is 13.5. The smallest absolute Gasteiger partial charge is 0.231 e. The van der Waals surface area contributed by atoms with Gasteiger partial charge in [-0.15, -0.1) is 0 Å². The van der Waals surface area contributed by atoms with E-state index < -0.39 is 0 Å². The van der Waals surface area contributed by atoms with E-state index in [2.05, 4.69) is 4.99 Å². The molecule has 6 nitrogen and oxygen atoms in total. The Bertz CT molecular complexity index is 482. The highest BCUT2D eigenvalue weighted by Crippen LogP contribution is 2.35. The van der Waals surface area contributed by atoms with Crippen LogP contribution in [0.15, 0.2) is 23.2 Å². The van der Waals surface area contributed by atoms with E-state index in [1.165, 1.54) is 11.8 Å². The number of benzene rings is 1. The lowest BCUT2D eigenvalue weighted by atomic mass is 10.3. The van der Waals surface area contributed by atoms with Crippen molar-refractivity contribution < 1.29 is 18.9 Å². The lowest BCUT2D eigenvalue weighted by Gasteiger charge is -2.06. The zero-order chi connectivity index (χ0) is 14.9. The van der Waals surface area contributed by atoms with Crippen LogP contribution in [0, 0.1) is 0 Å². The molecule has 0 fully saturated rings. The number of aliphatic imine (C=N–C) groups is 1. The SMILES string of the molecule is COCCN=C(N)SCCCOc1ccc2c(c1)OCO2. The van der Waals surface area contributed by atoms with Crippen LogP contribution in [0.1, 0.15) is 6.42 Å². The van der Waals surface area contributed by atoms with Crippen molar-refractivity contribution in [2.45, 2.75) is 6.42 Å². The lowest BCUT2D eigenvalue weighted by molar-refractivity contribution is 0.173. The average Bonchev–Trinajstić information content (AvgIpc) is 2.94. The van der Waals surface area contributed by atoms with Gasteiger partial charge in [0.05, 0.1) is 19.8 Å². The molecule has 1 aliphatic rings. The molecule has 1 aromatic carbocycles. The Morgan fingerprint density at radius 3 is 3.05 bits per heavy atom. The van der Waals surface area contributed by atoms with Gasteiger partial charge < -0.3 is 24.7 Å². The molecule has 1 heterocycles. The number of hydrogen-bond acceptors (Lipinski definition) is 6. The van der Waals surface area contributed by atoms with Crippen LogP contribution in [-0.4, -0.2) is 44.6 Å². The van der Waals surface area contributed by atoms with Gasteiger partial charge in [0, 0.05) is 18.9 Å². The zero-order valence-corrected chi connectivity index (χ0v) is 12.9. The molecule has 1 aromatic rings. The maximum absolute atomic E-state index is 5.76. The van der Waals surface area contributed by atoms with E-state index in [0.29, 0.717) is 24.9 Å². The van der Waals surface area contributed by atoms with Gasteiger partial charge in [-0.3, -0.25) is 4.99 Å². The molecular formula is C14H20N2O4S. The topological polar surface area (TPSA) is 75.3 Å².